The largest absolute Gasteiger partial charge is 0.439 e. The molecular formula is C50H36BN5O. The van der Waals surface area contributed by atoms with Crippen LogP contribution in [-0.4, -0.2) is 21.2 Å². The van der Waals surface area contributed by atoms with E-state index in [9.17, 15) is 0 Å². The molecule has 0 unspecified atom stereocenters. The fourth-order valence-corrected chi connectivity index (χ4v) is 8.75. The molecule has 6 nitrogen and oxygen atoms in total. The van der Waals surface area contributed by atoms with Crippen molar-refractivity contribution < 1.29 is 4.74 Å². The highest BCUT2D eigenvalue weighted by Crippen LogP contribution is 2.41. The van der Waals surface area contributed by atoms with Gasteiger partial charge in [-0.1, -0.05) is 109 Å². The van der Waals surface area contributed by atoms with Crippen molar-refractivity contribution in [1.29, 1.82) is 0 Å². The lowest BCUT2D eigenvalue weighted by molar-refractivity contribution is 0.463. The number of para-hydroxylation sites is 3. The average molecular weight is 734 g/mol. The van der Waals surface area contributed by atoms with Gasteiger partial charge in [-0.3, -0.25) is 4.57 Å². The topological polar surface area (TPSA) is 46.4 Å². The lowest BCUT2D eigenvalue weighted by Crippen LogP contribution is -2.62. The Labute approximate surface area is 332 Å². The molecule has 7 heteroatoms. The average Bonchev–Trinajstić information content (AvgIpc) is 3.67. The van der Waals surface area contributed by atoms with Gasteiger partial charge in [0, 0.05) is 59.4 Å². The van der Waals surface area contributed by atoms with Gasteiger partial charge in [-0.15, -0.1) is 0 Å². The molecule has 0 N–H and O–H groups in total. The van der Waals surface area contributed by atoms with E-state index in [4.69, 9.17) is 9.72 Å². The van der Waals surface area contributed by atoms with Crippen molar-refractivity contribution in [2.75, 3.05) is 9.80 Å². The SMILES string of the molecule is c1ccc(CN2c3ccc(Oc4ccccn4)cc3B3c4cc(-c5nc6ccccc6n5-c5ccccc5)ccc4N(Cc4ccccc4)c4cccc2c43)cc1. The van der Waals surface area contributed by atoms with E-state index in [0.29, 0.717) is 5.88 Å². The van der Waals surface area contributed by atoms with Crippen LogP contribution in [0.1, 0.15) is 11.1 Å². The number of hydrogen-bond donors (Lipinski definition) is 0. The lowest BCUT2D eigenvalue weighted by Gasteiger charge is -2.44. The molecule has 0 aliphatic carbocycles. The third-order valence-electron chi connectivity index (χ3n) is 11.2. The maximum absolute atomic E-state index is 6.45. The van der Waals surface area contributed by atoms with Crippen LogP contribution in [-0.2, 0) is 13.1 Å². The van der Waals surface area contributed by atoms with E-state index < -0.39 is 0 Å². The maximum Gasteiger partial charge on any atom is 0.252 e. The van der Waals surface area contributed by atoms with Crippen LogP contribution in [0.5, 0.6) is 11.6 Å². The highest BCUT2D eigenvalue weighted by atomic mass is 16.5. The number of ether oxygens (including phenoxy) is 1. The number of fused-ring (bicyclic) bond motifs is 5. The van der Waals surface area contributed by atoms with E-state index in [-0.39, 0.29) is 6.71 Å². The Bertz CT molecular complexity index is 2890. The van der Waals surface area contributed by atoms with Crippen LogP contribution in [0.15, 0.2) is 194 Å². The summed E-state index contributed by atoms with van der Waals surface area (Å²) in [5.41, 5.74) is 15.1. The first kappa shape index (κ1) is 33.0. The first-order chi connectivity index (χ1) is 28.3. The molecule has 7 aromatic carbocycles. The Morgan fingerprint density at radius 3 is 1.81 bits per heavy atom. The number of imidazole rings is 1. The summed E-state index contributed by atoms with van der Waals surface area (Å²) >= 11 is 0. The Morgan fingerprint density at radius 2 is 1.12 bits per heavy atom. The monoisotopic (exact) mass is 733 g/mol. The summed E-state index contributed by atoms with van der Waals surface area (Å²) in [7, 11) is 0. The van der Waals surface area contributed by atoms with Gasteiger partial charge >= 0.3 is 0 Å². The Hall–Kier alpha value is -7.38. The number of nitrogens with zero attached hydrogens (tertiary/aromatic N) is 5. The molecular weight excluding hydrogens is 697 g/mol. The van der Waals surface area contributed by atoms with Crippen LogP contribution in [0, 0.1) is 0 Å². The van der Waals surface area contributed by atoms with Gasteiger partial charge in [0.15, 0.2) is 0 Å². The lowest BCUT2D eigenvalue weighted by atomic mass is 9.33. The Balaban J connectivity index is 1.16. The number of hydrogen-bond acceptors (Lipinski definition) is 5. The van der Waals surface area contributed by atoms with Crippen LogP contribution in [0.4, 0.5) is 22.7 Å². The first-order valence-corrected chi connectivity index (χ1v) is 19.4. The second-order valence-electron chi connectivity index (χ2n) is 14.6. The van der Waals surface area contributed by atoms with Crippen LogP contribution in [0.2, 0.25) is 0 Å². The summed E-state index contributed by atoms with van der Waals surface area (Å²) in [6.45, 7) is 1.37. The summed E-state index contributed by atoms with van der Waals surface area (Å²) in [6.07, 6.45) is 1.76. The van der Waals surface area contributed by atoms with Crippen molar-refractivity contribution >= 4 is 56.9 Å². The fraction of sp³-hybridized carbons (Fsp3) is 0.0400. The van der Waals surface area contributed by atoms with Crippen molar-refractivity contribution in [3.63, 3.8) is 0 Å². The van der Waals surface area contributed by atoms with Gasteiger partial charge in [0.1, 0.15) is 11.6 Å². The van der Waals surface area contributed by atoms with Gasteiger partial charge in [0.2, 0.25) is 5.88 Å². The number of aromatic nitrogens is 3. The second kappa shape index (κ2) is 13.7. The van der Waals surface area contributed by atoms with Gasteiger partial charge in [-0.2, -0.15) is 0 Å². The zero-order valence-electron chi connectivity index (χ0n) is 31.1. The predicted molar refractivity (Wildman–Crippen MR) is 233 cm³/mol. The van der Waals surface area contributed by atoms with E-state index >= 15 is 0 Å². The van der Waals surface area contributed by atoms with E-state index in [1.54, 1.807) is 6.20 Å². The zero-order chi connectivity index (χ0) is 37.7. The molecule has 2 aromatic heterocycles. The van der Waals surface area contributed by atoms with Crippen LogP contribution < -0.4 is 30.9 Å². The molecule has 2 aliphatic rings. The molecule has 0 saturated carbocycles. The summed E-state index contributed by atoms with van der Waals surface area (Å²) < 4.78 is 8.74. The van der Waals surface area contributed by atoms with E-state index in [1.165, 1.54) is 44.6 Å². The fourth-order valence-electron chi connectivity index (χ4n) is 8.75. The molecule has 0 fully saturated rings. The standard InChI is InChI=1S/C50H36BN5O/c1-4-15-35(16-5-1)33-54-43-28-26-37(50-53-42-21-10-11-22-45(42)56(50)38-19-8-3-9-20-38)31-40(43)51-41-32-39(57-48-25-12-13-30-52-48)27-29-44(41)55(34-36-17-6-2-7-18-36)47-24-14-23-46(54)49(47)51/h1-32H,33-34H2. The normalized spacial score (nSPS) is 12.6. The molecule has 4 heterocycles. The van der Waals surface area contributed by atoms with Gasteiger partial charge in [0.25, 0.3) is 6.71 Å². The van der Waals surface area contributed by atoms with Crippen molar-refractivity contribution in [1.82, 2.24) is 14.5 Å². The minimum absolute atomic E-state index is 0.0815. The van der Waals surface area contributed by atoms with Crippen molar-refractivity contribution in [2.24, 2.45) is 0 Å². The third kappa shape index (κ3) is 5.75. The summed E-state index contributed by atoms with van der Waals surface area (Å²) in [6, 6.07) is 66.5. The molecule has 0 amide bonds. The first-order valence-electron chi connectivity index (χ1n) is 19.4. The third-order valence-corrected chi connectivity index (χ3v) is 11.2. The molecule has 0 atom stereocenters. The second-order valence-corrected chi connectivity index (χ2v) is 14.6. The summed E-state index contributed by atoms with van der Waals surface area (Å²) in [5, 5.41) is 0. The smallest absolute Gasteiger partial charge is 0.252 e. The molecule has 2 aliphatic heterocycles. The van der Waals surface area contributed by atoms with Crippen LogP contribution >= 0.6 is 0 Å². The molecule has 9 aromatic rings. The zero-order valence-corrected chi connectivity index (χ0v) is 31.1. The molecule has 0 bridgehead atoms. The number of benzene rings is 7. The molecule has 0 radical (unpaired) electrons. The van der Waals surface area contributed by atoms with Gasteiger partial charge < -0.3 is 14.5 Å². The highest BCUT2D eigenvalue weighted by molar-refractivity contribution is 7.00. The van der Waals surface area contributed by atoms with E-state index in [2.05, 4.69) is 189 Å². The minimum Gasteiger partial charge on any atom is -0.439 e. The molecule has 0 saturated heterocycles. The van der Waals surface area contributed by atoms with Crippen molar-refractivity contribution in [3.05, 3.63) is 205 Å². The van der Waals surface area contributed by atoms with E-state index in [1.807, 2.05) is 18.2 Å². The number of anilines is 4. The van der Waals surface area contributed by atoms with Crippen molar-refractivity contribution in [3.8, 4) is 28.7 Å². The number of rotatable bonds is 8. The van der Waals surface area contributed by atoms with Crippen LogP contribution in [0.25, 0.3) is 28.1 Å². The highest BCUT2D eigenvalue weighted by Gasteiger charge is 2.43. The molecule has 57 heavy (non-hydrogen) atoms. The quantitative estimate of drug-likeness (QED) is 0.146. The van der Waals surface area contributed by atoms with Crippen molar-refractivity contribution in [2.45, 2.75) is 13.1 Å². The maximum atomic E-state index is 6.45. The summed E-state index contributed by atoms with van der Waals surface area (Å²) in [5.74, 6) is 2.23. The van der Waals surface area contributed by atoms with E-state index in [0.717, 1.165) is 52.6 Å². The number of pyridine rings is 1. The Morgan fingerprint density at radius 1 is 0.509 bits per heavy atom. The molecule has 0 spiro atoms. The van der Waals surface area contributed by atoms with Crippen LogP contribution in [0.3, 0.4) is 0 Å². The van der Waals surface area contributed by atoms with Gasteiger partial charge in [-0.25, -0.2) is 9.97 Å². The predicted octanol–water partition coefficient (Wildman–Crippen LogP) is 9.70. The molecule has 270 valence electrons. The summed E-state index contributed by atoms with van der Waals surface area (Å²) in [4.78, 5) is 14.8. The Kier molecular flexibility index (Phi) is 7.95. The molecule has 11 rings (SSSR count). The van der Waals surface area contributed by atoms with Gasteiger partial charge in [-0.05, 0) is 100 Å². The minimum atomic E-state index is -0.0815. The van der Waals surface area contributed by atoms with Gasteiger partial charge in [0.05, 0.1) is 11.0 Å².